The third-order valence-corrected chi connectivity index (χ3v) is 9.75. The summed E-state index contributed by atoms with van der Waals surface area (Å²) < 4.78 is 4.71. The zero-order valence-corrected chi connectivity index (χ0v) is 27.1. The fraction of sp³-hybridized carbons (Fsp3) is 0. The summed E-state index contributed by atoms with van der Waals surface area (Å²) in [5.41, 5.74) is 12.9. The molecule has 0 atom stereocenters. The zero-order valence-electron chi connectivity index (χ0n) is 27.1. The van der Waals surface area contributed by atoms with Gasteiger partial charge in [-0.2, -0.15) is 0 Å². The van der Waals surface area contributed by atoms with E-state index < -0.39 is 0 Å². The summed E-state index contributed by atoms with van der Waals surface area (Å²) in [6.07, 6.45) is 1.88. The molecule has 0 aliphatic carbocycles. The molecular weight excluding hydrogens is 609 g/mol. The molecule has 0 radical (unpaired) electrons. The normalized spacial score (nSPS) is 11.6. The van der Waals surface area contributed by atoms with Crippen LogP contribution in [0.25, 0.3) is 88.8 Å². The minimum atomic E-state index is 0.917. The van der Waals surface area contributed by atoms with Crippen LogP contribution in [0.4, 0.5) is 0 Å². The maximum atomic E-state index is 5.17. The second-order valence-corrected chi connectivity index (χ2v) is 12.7. The molecule has 50 heavy (non-hydrogen) atoms. The van der Waals surface area contributed by atoms with Crippen molar-refractivity contribution in [3.05, 3.63) is 182 Å². The monoisotopic (exact) mass is 638 g/mol. The Morgan fingerprint density at radius 2 is 1.00 bits per heavy atom. The van der Waals surface area contributed by atoms with Crippen LogP contribution >= 0.6 is 0 Å². The zero-order chi connectivity index (χ0) is 33.0. The van der Waals surface area contributed by atoms with Gasteiger partial charge in [0.2, 0.25) is 0 Å². The number of nitrogens with zero attached hydrogens (tertiary/aromatic N) is 4. The van der Waals surface area contributed by atoms with Gasteiger partial charge in [-0.05, 0) is 54.1 Å². The van der Waals surface area contributed by atoms with E-state index in [0.717, 1.165) is 61.4 Å². The number of pyridine rings is 2. The Kier molecular flexibility index (Phi) is 6.46. The Hall–Kier alpha value is -6.78. The van der Waals surface area contributed by atoms with E-state index in [1.54, 1.807) is 0 Å². The van der Waals surface area contributed by atoms with Crippen molar-refractivity contribution in [3.63, 3.8) is 0 Å². The molecule has 10 rings (SSSR count). The molecule has 4 nitrogen and oxygen atoms in total. The second kappa shape index (κ2) is 11.4. The van der Waals surface area contributed by atoms with Crippen LogP contribution in [0.3, 0.4) is 0 Å². The van der Waals surface area contributed by atoms with Gasteiger partial charge in [0, 0.05) is 50.1 Å². The third-order valence-electron chi connectivity index (χ3n) is 9.75. The Bertz CT molecular complexity index is 2790. The van der Waals surface area contributed by atoms with Crippen molar-refractivity contribution in [1.82, 2.24) is 19.1 Å². The molecule has 4 aromatic heterocycles. The van der Waals surface area contributed by atoms with Crippen molar-refractivity contribution in [3.8, 4) is 45.0 Å². The van der Waals surface area contributed by atoms with Crippen molar-refractivity contribution >= 4 is 43.7 Å². The molecule has 234 valence electrons. The summed E-state index contributed by atoms with van der Waals surface area (Å²) in [5, 5.41) is 4.75. The lowest BCUT2D eigenvalue weighted by Crippen LogP contribution is -1.99. The SMILES string of the molecule is c1ccc(-c2cc(-n3c4cc(-c5cccc6c7ccccc7n(-c7ccccc7)c56)ccc4c4cccnc43)cc(-c3ccccc3)n2)cc1. The number of benzene rings is 6. The van der Waals surface area contributed by atoms with Gasteiger partial charge in [0.1, 0.15) is 5.65 Å². The number of rotatable bonds is 5. The van der Waals surface area contributed by atoms with Crippen molar-refractivity contribution in [2.75, 3.05) is 0 Å². The topological polar surface area (TPSA) is 35.6 Å². The quantitative estimate of drug-likeness (QED) is 0.188. The standard InChI is InChI=1S/C46H30N4/c1-4-14-31(15-5-1)41-29-35(30-42(48-41)32-16-6-2-7-17-32)50-44-28-33(25-26-38(44)40-23-13-27-47-46(40)50)36-21-12-22-39-37-20-10-11-24-43(37)49(45(36)39)34-18-8-3-9-19-34/h1-30H. The molecule has 4 heteroatoms. The van der Waals surface area contributed by atoms with Crippen molar-refractivity contribution in [2.24, 2.45) is 0 Å². The summed E-state index contributed by atoms with van der Waals surface area (Å²) in [6.45, 7) is 0. The maximum absolute atomic E-state index is 5.17. The second-order valence-electron chi connectivity index (χ2n) is 12.7. The fourth-order valence-electron chi connectivity index (χ4n) is 7.53. The molecule has 0 N–H and O–H groups in total. The van der Waals surface area contributed by atoms with Gasteiger partial charge in [-0.1, -0.05) is 127 Å². The first-order valence-corrected chi connectivity index (χ1v) is 16.9. The van der Waals surface area contributed by atoms with Gasteiger partial charge in [0.15, 0.2) is 0 Å². The van der Waals surface area contributed by atoms with Gasteiger partial charge in [-0.3, -0.25) is 4.57 Å². The van der Waals surface area contributed by atoms with E-state index >= 15 is 0 Å². The molecule has 0 aliphatic heterocycles. The molecule has 0 aliphatic rings. The van der Waals surface area contributed by atoms with Crippen LogP contribution < -0.4 is 0 Å². The van der Waals surface area contributed by atoms with Gasteiger partial charge in [0.25, 0.3) is 0 Å². The van der Waals surface area contributed by atoms with Crippen LogP contribution in [0.15, 0.2) is 182 Å². The Morgan fingerprint density at radius 3 is 1.74 bits per heavy atom. The molecular formula is C46H30N4. The van der Waals surface area contributed by atoms with Crippen LogP contribution in [-0.4, -0.2) is 19.1 Å². The van der Waals surface area contributed by atoms with Crippen LogP contribution in [0, 0.1) is 0 Å². The highest BCUT2D eigenvalue weighted by Gasteiger charge is 2.20. The van der Waals surface area contributed by atoms with E-state index in [-0.39, 0.29) is 0 Å². The highest BCUT2D eigenvalue weighted by Crippen LogP contribution is 2.41. The van der Waals surface area contributed by atoms with Crippen LogP contribution in [-0.2, 0) is 0 Å². The molecule has 10 aromatic rings. The molecule has 0 amide bonds. The number of hydrogen-bond acceptors (Lipinski definition) is 2. The summed E-state index contributed by atoms with van der Waals surface area (Å²) >= 11 is 0. The van der Waals surface area contributed by atoms with Crippen LogP contribution in [0.5, 0.6) is 0 Å². The number of para-hydroxylation sites is 3. The fourth-order valence-corrected chi connectivity index (χ4v) is 7.53. The Balaban J connectivity index is 1.27. The summed E-state index contributed by atoms with van der Waals surface area (Å²) in [6, 6.07) is 62.3. The molecule has 6 aromatic carbocycles. The molecule has 0 spiro atoms. The van der Waals surface area contributed by atoms with Crippen molar-refractivity contribution < 1.29 is 0 Å². The molecule has 0 bridgehead atoms. The van der Waals surface area contributed by atoms with Gasteiger partial charge in [-0.25, -0.2) is 9.97 Å². The lowest BCUT2D eigenvalue weighted by Gasteiger charge is -2.14. The molecule has 0 fully saturated rings. The first-order chi connectivity index (χ1) is 24.8. The van der Waals surface area contributed by atoms with E-state index in [1.165, 1.54) is 27.4 Å². The van der Waals surface area contributed by atoms with Gasteiger partial charge >= 0.3 is 0 Å². The van der Waals surface area contributed by atoms with E-state index in [1.807, 2.05) is 24.4 Å². The summed E-state index contributed by atoms with van der Waals surface area (Å²) in [5.74, 6) is 0. The lowest BCUT2D eigenvalue weighted by atomic mass is 10.0. The Morgan fingerprint density at radius 1 is 0.380 bits per heavy atom. The first kappa shape index (κ1) is 28.3. The summed E-state index contributed by atoms with van der Waals surface area (Å²) in [4.78, 5) is 10.1. The third kappa shape index (κ3) is 4.46. The number of aromatic nitrogens is 4. The minimum absolute atomic E-state index is 0.917. The van der Waals surface area contributed by atoms with Crippen molar-refractivity contribution in [1.29, 1.82) is 0 Å². The average Bonchev–Trinajstić information content (AvgIpc) is 3.71. The van der Waals surface area contributed by atoms with Gasteiger partial charge in [0.05, 0.1) is 33.6 Å². The van der Waals surface area contributed by atoms with E-state index in [2.05, 4.69) is 167 Å². The van der Waals surface area contributed by atoms with Gasteiger partial charge < -0.3 is 4.57 Å². The van der Waals surface area contributed by atoms with Crippen molar-refractivity contribution in [2.45, 2.75) is 0 Å². The van der Waals surface area contributed by atoms with E-state index in [9.17, 15) is 0 Å². The smallest absolute Gasteiger partial charge is 0.145 e. The summed E-state index contributed by atoms with van der Waals surface area (Å²) in [7, 11) is 0. The Labute approximate surface area is 289 Å². The molecule has 0 unspecified atom stereocenters. The van der Waals surface area contributed by atoms with Gasteiger partial charge in [-0.15, -0.1) is 0 Å². The predicted molar refractivity (Wildman–Crippen MR) is 207 cm³/mol. The van der Waals surface area contributed by atoms with Crippen LogP contribution in [0.2, 0.25) is 0 Å². The molecule has 0 saturated heterocycles. The van der Waals surface area contributed by atoms with E-state index in [4.69, 9.17) is 9.97 Å². The largest absolute Gasteiger partial charge is 0.309 e. The minimum Gasteiger partial charge on any atom is -0.309 e. The number of hydrogen-bond donors (Lipinski definition) is 0. The highest BCUT2D eigenvalue weighted by atomic mass is 15.0. The number of fused-ring (bicyclic) bond motifs is 6. The predicted octanol–water partition coefficient (Wildman–Crippen LogP) is 11.7. The molecule has 4 heterocycles. The maximum Gasteiger partial charge on any atom is 0.145 e. The van der Waals surface area contributed by atoms with E-state index in [0.29, 0.717) is 0 Å². The first-order valence-electron chi connectivity index (χ1n) is 16.9. The van der Waals surface area contributed by atoms with Crippen LogP contribution in [0.1, 0.15) is 0 Å². The lowest BCUT2D eigenvalue weighted by molar-refractivity contribution is 1.12. The average molecular weight is 639 g/mol. The highest BCUT2D eigenvalue weighted by molar-refractivity contribution is 6.15. The molecule has 0 saturated carbocycles.